The van der Waals surface area contributed by atoms with E-state index >= 15 is 0 Å². The lowest BCUT2D eigenvalue weighted by Gasteiger charge is -2.11. The van der Waals surface area contributed by atoms with Crippen LogP contribution in [0.2, 0.25) is 0 Å². The second-order valence-corrected chi connectivity index (χ2v) is 3.58. The molecule has 0 aliphatic carbocycles. The molecule has 0 spiro atoms. The molecule has 0 fully saturated rings. The first kappa shape index (κ1) is 11.3. The molecule has 0 saturated heterocycles. The number of hydrazine groups is 1. The van der Waals surface area contributed by atoms with Crippen LogP contribution in [-0.2, 0) is 0 Å². The minimum absolute atomic E-state index is 0.0794. The molecule has 17 heavy (non-hydrogen) atoms. The van der Waals surface area contributed by atoms with Crippen molar-refractivity contribution < 1.29 is 4.42 Å². The van der Waals surface area contributed by atoms with Gasteiger partial charge in [0.25, 0.3) is 0 Å². The van der Waals surface area contributed by atoms with E-state index in [1.807, 2.05) is 13.8 Å². The Hall–Kier alpha value is -2.15. The highest BCUT2D eigenvalue weighted by Crippen LogP contribution is 2.17. The van der Waals surface area contributed by atoms with Crippen LogP contribution in [0, 0.1) is 6.92 Å². The van der Waals surface area contributed by atoms with Crippen molar-refractivity contribution in [2.45, 2.75) is 19.9 Å². The van der Waals surface area contributed by atoms with Crippen LogP contribution in [0.5, 0.6) is 0 Å². The predicted molar refractivity (Wildman–Crippen MR) is 63.1 cm³/mol. The van der Waals surface area contributed by atoms with Crippen LogP contribution in [0.1, 0.15) is 24.6 Å². The molecule has 4 N–H and O–H groups in total. The van der Waals surface area contributed by atoms with Gasteiger partial charge in [0.2, 0.25) is 11.8 Å². The molecular weight excluding hydrogens is 220 g/mol. The fourth-order valence-corrected chi connectivity index (χ4v) is 1.36. The molecule has 1 unspecified atom stereocenters. The summed E-state index contributed by atoms with van der Waals surface area (Å²) in [6.45, 7) is 3.79. The highest BCUT2D eigenvalue weighted by atomic mass is 16.4. The monoisotopic (exact) mass is 234 g/mol. The summed E-state index contributed by atoms with van der Waals surface area (Å²) in [5.74, 6) is 7.62. The van der Waals surface area contributed by atoms with Crippen molar-refractivity contribution in [1.82, 2.24) is 15.0 Å². The fourth-order valence-electron chi connectivity index (χ4n) is 1.36. The van der Waals surface area contributed by atoms with E-state index in [2.05, 4.69) is 25.7 Å². The molecule has 0 saturated carbocycles. The number of hydrogen-bond donors (Lipinski definition) is 3. The first-order valence-corrected chi connectivity index (χ1v) is 5.17. The minimum Gasteiger partial charge on any atom is -0.444 e. The number of aryl methyl sites for hydroxylation is 1. The fraction of sp³-hybridized carbons (Fsp3) is 0.300. The first-order chi connectivity index (χ1) is 8.19. The summed E-state index contributed by atoms with van der Waals surface area (Å²) in [6, 6.07) is 1.66. The molecule has 2 aromatic rings. The number of hydrogen-bond acceptors (Lipinski definition) is 7. The second kappa shape index (κ2) is 4.79. The van der Waals surface area contributed by atoms with Crippen LogP contribution in [0.15, 0.2) is 22.9 Å². The van der Waals surface area contributed by atoms with Crippen molar-refractivity contribution >= 4 is 11.8 Å². The zero-order chi connectivity index (χ0) is 12.3. The summed E-state index contributed by atoms with van der Waals surface area (Å²) >= 11 is 0. The summed E-state index contributed by atoms with van der Waals surface area (Å²) in [7, 11) is 0. The van der Waals surface area contributed by atoms with E-state index in [0.29, 0.717) is 17.7 Å². The van der Waals surface area contributed by atoms with Gasteiger partial charge in [-0.1, -0.05) is 0 Å². The molecule has 0 radical (unpaired) electrons. The van der Waals surface area contributed by atoms with Crippen molar-refractivity contribution in [3.05, 3.63) is 30.1 Å². The number of nitrogens with two attached hydrogens (primary N) is 1. The van der Waals surface area contributed by atoms with Crippen LogP contribution in [0.3, 0.4) is 0 Å². The van der Waals surface area contributed by atoms with E-state index in [9.17, 15) is 0 Å². The molecule has 0 amide bonds. The number of aromatic nitrogens is 3. The lowest BCUT2D eigenvalue weighted by atomic mass is 10.3. The van der Waals surface area contributed by atoms with Crippen molar-refractivity contribution in [3.8, 4) is 0 Å². The number of oxazole rings is 1. The van der Waals surface area contributed by atoms with Gasteiger partial charge in [0.1, 0.15) is 17.6 Å². The normalized spacial score (nSPS) is 12.2. The highest BCUT2D eigenvalue weighted by molar-refractivity contribution is 5.40. The summed E-state index contributed by atoms with van der Waals surface area (Å²) in [5, 5.41) is 3.14. The van der Waals surface area contributed by atoms with Crippen molar-refractivity contribution in [1.29, 1.82) is 0 Å². The van der Waals surface area contributed by atoms with E-state index in [1.54, 1.807) is 18.5 Å². The Bertz CT molecular complexity index is 497. The van der Waals surface area contributed by atoms with Gasteiger partial charge in [0.05, 0.1) is 6.20 Å². The zero-order valence-electron chi connectivity index (χ0n) is 9.64. The molecule has 2 rings (SSSR count). The average Bonchev–Trinajstić information content (AvgIpc) is 2.76. The topological polar surface area (TPSA) is 102 Å². The van der Waals surface area contributed by atoms with Crippen LogP contribution in [0.4, 0.5) is 11.8 Å². The highest BCUT2D eigenvalue weighted by Gasteiger charge is 2.11. The first-order valence-electron chi connectivity index (χ1n) is 5.17. The quantitative estimate of drug-likeness (QED) is 0.540. The van der Waals surface area contributed by atoms with Gasteiger partial charge < -0.3 is 9.73 Å². The van der Waals surface area contributed by atoms with E-state index in [4.69, 9.17) is 10.3 Å². The smallest absolute Gasteiger partial charge is 0.239 e. The van der Waals surface area contributed by atoms with Gasteiger partial charge in [0.15, 0.2) is 0 Å². The zero-order valence-corrected chi connectivity index (χ0v) is 9.64. The van der Waals surface area contributed by atoms with Gasteiger partial charge in [-0.3, -0.25) is 5.43 Å². The Morgan fingerprint density at radius 3 is 2.88 bits per heavy atom. The maximum Gasteiger partial charge on any atom is 0.239 e. The number of anilines is 2. The molecular formula is C10H14N6O. The molecule has 0 aliphatic rings. The van der Waals surface area contributed by atoms with Gasteiger partial charge in [-0.05, 0) is 19.9 Å². The molecule has 0 aromatic carbocycles. The Labute approximate surface area is 98.4 Å². The van der Waals surface area contributed by atoms with Gasteiger partial charge >= 0.3 is 0 Å². The third kappa shape index (κ3) is 2.70. The van der Waals surface area contributed by atoms with E-state index in [0.717, 1.165) is 5.76 Å². The Morgan fingerprint density at radius 2 is 2.24 bits per heavy atom. The maximum atomic E-state index is 5.42. The van der Waals surface area contributed by atoms with Gasteiger partial charge in [0, 0.05) is 6.20 Å². The SMILES string of the molecule is Cc1cnc(C(C)Nc2ccnc(NN)n2)o1. The Morgan fingerprint density at radius 1 is 1.41 bits per heavy atom. The third-order valence-electron chi connectivity index (χ3n) is 2.16. The summed E-state index contributed by atoms with van der Waals surface area (Å²) in [4.78, 5) is 12.2. The predicted octanol–water partition coefficient (Wildman–Crippen LogP) is 1.23. The lowest BCUT2D eigenvalue weighted by molar-refractivity contribution is 0.453. The van der Waals surface area contributed by atoms with E-state index in [1.165, 1.54) is 0 Å². The molecule has 2 heterocycles. The third-order valence-corrected chi connectivity index (χ3v) is 2.16. The van der Waals surface area contributed by atoms with Crippen molar-refractivity contribution in [2.75, 3.05) is 10.7 Å². The van der Waals surface area contributed by atoms with Crippen LogP contribution < -0.4 is 16.6 Å². The summed E-state index contributed by atoms with van der Waals surface area (Å²) < 4.78 is 5.42. The maximum absolute atomic E-state index is 5.42. The van der Waals surface area contributed by atoms with Crippen molar-refractivity contribution in [3.63, 3.8) is 0 Å². The number of rotatable bonds is 4. The Balaban J connectivity index is 2.09. The number of nitrogen functional groups attached to an aromatic ring is 1. The van der Waals surface area contributed by atoms with E-state index < -0.39 is 0 Å². The van der Waals surface area contributed by atoms with Gasteiger partial charge in [-0.15, -0.1) is 0 Å². The number of nitrogens with zero attached hydrogens (tertiary/aromatic N) is 3. The van der Waals surface area contributed by atoms with Gasteiger partial charge in [-0.25, -0.2) is 15.8 Å². The molecule has 1 atom stereocenters. The molecule has 7 heteroatoms. The Kier molecular flexibility index (Phi) is 3.20. The molecule has 0 aliphatic heterocycles. The standard InChI is InChI=1S/C10H14N6O/c1-6-5-13-9(17-6)7(2)14-8-3-4-12-10(15-8)16-11/h3-5,7H,11H2,1-2H3,(H2,12,14,15,16). The molecule has 7 nitrogen and oxygen atoms in total. The van der Waals surface area contributed by atoms with Crippen LogP contribution in [-0.4, -0.2) is 15.0 Å². The summed E-state index contributed by atoms with van der Waals surface area (Å²) in [5.41, 5.74) is 2.38. The summed E-state index contributed by atoms with van der Waals surface area (Å²) in [6.07, 6.45) is 3.29. The van der Waals surface area contributed by atoms with Crippen LogP contribution >= 0.6 is 0 Å². The van der Waals surface area contributed by atoms with E-state index in [-0.39, 0.29) is 6.04 Å². The average molecular weight is 234 g/mol. The van der Waals surface area contributed by atoms with Crippen LogP contribution in [0.25, 0.3) is 0 Å². The second-order valence-electron chi connectivity index (χ2n) is 3.58. The molecule has 2 aromatic heterocycles. The van der Waals surface area contributed by atoms with Gasteiger partial charge in [-0.2, -0.15) is 4.98 Å². The number of nitrogens with one attached hydrogen (secondary N) is 2. The molecule has 0 bridgehead atoms. The lowest BCUT2D eigenvalue weighted by Crippen LogP contribution is -2.13. The minimum atomic E-state index is -0.0794. The molecule has 90 valence electrons. The largest absolute Gasteiger partial charge is 0.444 e. The van der Waals surface area contributed by atoms with Crippen molar-refractivity contribution in [2.24, 2.45) is 5.84 Å².